The van der Waals surface area contributed by atoms with Crippen molar-refractivity contribution in [3.8, 4) is 6.07 Å². The lowest BCUT2D eigenvalue weighted by molar-refractivity contribution is -0.0328. The molecule has 0 amide bonds. The van der Waals surface area contributed by atoms with Crippen LogP contribution in [0.15, 0.2) is 17.0 Å². The highest BCUT2D eigenvalue weighted by molar-refractivity contribution is 8.00. The second-order valence-corrected chi connectivity index (χ2v) is 3.88. The predicted octanol–water partition coefficient (Wildman–Crippen LogP) is 3.96. The molecule has 0 heterocycles. The summed E-state index contributed by atoms with van der Waals surface area (Å²) in [6.45, 7) is 0. The van der Waals surface area contributed by atoms with Gasteiger partial charge < -0.3 is 0 Å². The standard InChI is InChI=1S/C8H2ClF4NS/c9-7-4(3-14)6(2-1-5(7)10)15-8(11,12)13/h1-2H. The van der Waals surface area contributed by atoms with E-state index in [1.807, 2.05) is 0 Å². The molecule has 80 valence electrons. The molecule has 0 saturated heterocycles. The van der Waals surface area contributed by atoms with Gasteiger partial charge in [-0.05, 0) is 23.9 Å². The Hall–Kier alpha value is -0.930. The second kappa shape index (κ2) is 4.29. The molecule has 15 heavy (non-hydrogen) atoms. The van der Waals surface area contributed by atoms with Crippen molar-refractivity contribution in [3.05, 3.63) is 28.5 Å². The summed E-state index contributed by atoms with van der Waals surface area (Å²) in [6.07, 6.45) is 0. The third kappa shape index (κ3) is 3.01. The molecule has 1 nitrogen and oxygen atoms in total. The number of thioether (sulfide) groups is 1. The Kier molecular flexibility index (Phi) is 3.47. The van der Waals surface area contributed by atoms with E-state index in [1.165, 1.54) is 6.07 Å². The van der Waals surface area contributed by atoms with E-state index in [9.17, 15) is 17.6 Å². The first kappa shape index (κ1) is 12.1. The number of nitriles is 1. The Morgan fingerprint density at radius 3 is 2.40 bits per heavy atom. The molecule has 0 bridgehead atoms. The minimum Gasteiger partial charge on any atom is -0.205 e. The Morgan fingerprint density at radius 1 is 1.33 bits per heavy atom. The van der Waals surface area contributed by atoms with Gasteiger partial charge in [-0.3, -0.25) is 0 Å². The van der Waals surface area contributed by atoms with E-state index in [0.717, 1.165) is 12.1 Å². The van der Waals surface area contributed by atoms with Gasteiger partial charge in [0.1, 0.15) is 11.9 Å². The maximum Gasteiger partial charge on any atom is 0.446 e. The van der Waals surface area contributed by atoms with Crippen LogP contribution in [0.2, 0.25) is 5.02 Å². The molecule has 1 aromatic carbocycles. The van der Waals surface area contributed by atoms with Crippen molar-refractivity contribution >= 4 is 23.4 Å². The van der Waals surface area contributed by atoms with Crippen LogP contribution in [0, 0.1) is 17.1 Å². The van der Waals surface area contributed by atoms with Gasteiger partial charge in [-0.1, -0.05) is 11.6 Å². The Bertz CT molecular complexity index is 424. The number of hydrogen-bond donors (Lipinski definition) is 0. The van der Waals surface area contributed by atoms with Gasteiger partial charge in [0, 0.05) is 4.90 Å². The third-order valence-corrected chi connectivity index (χ3v) is 2.56. The molecule has 0 aliphatic carbocycles. The molecule has 0 unspecified atom stereocenters. The van der Waals surface area contributed by atoms with E-state index in [0.29, 0.717) is 0 Å². The summed E-state index contributed by atoms with van der Waals surface area (Å²) in [5, 5.41) is 7.95. The quantitative estimate of drug-likeness (QED) is 0.560. The van der Waals surface area contributed by atoms with Gasteiger partial charge in [0.15, 0.2) is 0 Å². The molecule has 0 spiro atoms. The minimum absolute atomic E-state index is 0.406. The van der Waals surface area contributed by atoms with E-state index in [1.54, 1.807) is 0 Å². The number of benzene rings is 1. The summed E-state index contributed by atoms with van der Waals surface area (Å²) in [5.41, 5.74) is -5.04. The number of hydrogen-bond acceptors (Lipinski definition) is 2. The number of halogens is 5. The summed E-state index contributed by atoms with van der Waals surface area (Å²) in [4.78, 5) is -0.406. The van der Waals surface area contributed by atoms with Crippen molar-refractivity contribution in [1.82, 2.24) is 0 Å². The number of rotatable bonds is 1. The van der Waals surface area contributed by atoms with Crippen LogP contribution in [0.25, 0.3) is 0 Å². The normalized spacial score (nSPS) is 11.2. The summed E-state index contributed by atoms with van der Waals surface area (Å²) >= 11 is 4.85. The fourth-order valence-electron chi connectivity index (χ4n) is 0.847. The number of alkyl halides is 3. The highest BCUT2D eigenvalue weighted by Crippen LogP contribution is 2.40. The third-order valence-electron chi connectivity index (χ3n) is 1.39. The Labute approximate surface area is 91.6 Å². The molecule has 0 saturated carbocycles. The van der Waals surface area contributed by atoms with Crippen molar-refractivity contribution in [1.29, 1.82) is 5.26 Å². The van der Waals surface area contributed by atoms with Crippen molar-refractivity contribution in [3.63, 3.8) is 0 Å². The molecule has 1 aromatic rings. The Balaban J connectivity index is 3.21. The van der Waals surface area contributed by atoms with Crippen LogP contribution in [0.4, 0.5) is 17.6 Å². The molecule has 0 aromatic heterocycles. The van der Waals surface area contributed by atoms with Crippen LogP contribution in [0.3, 0.4) is 0 Å². The molecule has 1 rings (SSSR count). The fourth-order valence-corrected chi connectivity index (χ4v) is 1.75. The topological polar surface area (TPSA) is 23.8 Å². The first-order valence-corrected chi connectivity index (χ1v) is 4.68. The van der Waals surface area contributed by atoms with Crippen LogP contribution in [-0.4, -0.2) is 5.51 Å². The van der Waals surface area contributed by atoms with Gasteiger partial charge in [0.2, 0.25) is 0 Å². The van der Waals surface area contributed by atoms with Crippen molar-refractivity contribution < 1.29 is 17.6 Å². The monoisotopic (exact) mass is 255 g/mol. The molecule has 7 heteroatoms. The zero-order valence-electron chi connectivity index (χ0n) is 6.90. The fraction of sp³-hybridized carbons (Fsp3) is 0.125. The van der Waals surface area contributed by atoms with Gasteiger partial charge in [-0.25, -0.2) is 4.39 Å². The zero-order chi connectivity index (χ0) is 11.6. The first-order valence-electron chi connectivity index (χ1n) is 3.49. The van der Waals surface area contributed by atoms with Crippen LogP contribution < -0.4 is 0 Å². The van der Waals surface area contributed by atoms with E-state index in [4.69, 9.17) is 16.9 Å². The summed E-state index contributed by atoms with van der Waals surface area (Å²) < 4.78 is 48.8. The van der Waals surface area contributed by atoms with Gasteiger partial charge in [0.05, 0.1) is 10.6 Å². The average Bonchev–Trinajstić information content (AvgIpc) is 2.10. The van der Waals surface area contributed by atoms with Crippen molar-refractivity contribution in [2.75, 3.05) is 0 Å². The van der Waals surface area contributed by atoms with Gasteiger partial charge in [0.25, 0.3) is 0 Å². The van der Waals surface area contributed by atoms with Crippen molar-refractivity contribution in [2.24, 2.45) is 0 Å². The molecule has 0 N–H and O–H groups in total. The van der Waals surface area contributed by atoms with E-state index >= 15 is 0 Å². The van der Waals surface area contributed by atoms with Crippen LogP contribution in [0.5, 0.6) is 0 Å². The average molecular weight is 256 g/mol. The highest BCUT2D eigenvalue weighted by Gasteiger charge is 2.31. The zero-order valence-corrected chi connectivity index (χ0v) is 8.47. The summed E-state index contributed by atoms with van der Waals surface area (Å²) in [7, 11) is 0. The van der Waals surface area contributed by atoms with Crippen molar-refractivity contribution in [2.45, 2.75) is 10.4 Å². The smallest absolute Gasteiger partial charge is 0.205 e. The maximum atomic E-state index is 12.8. The minimum atomic E-state index is -4.53. The molecule has 0 fully saturated rings. The summed E-state index contributed by atoms with van der Waals surface area (Å²) in [6, 6.07) is 3.10. The lowest BCUT2D eigenvalue weighted by Gasteiger charge is -2.08. The molecular weight excluding hydrogens is 254 g/mol. The molecule has 0 aliphatic heterocycles. The van der Waals surface area contributed by atoms with Crippen LogP contribution in [-0.2, 0) is 0 Å². The first-order chi connectivity index (χ1) is 6.85. The van der Waals surface area contributed by atoms with Gasteiger partial charge >= 0.3 is 5.51 Å². The lowest BCUT2D eigenvalue weighted by atomic mass is 10.2. The molecule has 0 atom stereocenters. The van der Waals surface area contributed by atoms with Crippen LogP contribution >= 0.6 is 23.4 Å². The molecular formula is C8H2ClF4NS. The largest absolute Gasteiger partial charge is 0.446 e. The molecule has 0 aliphatic rings. The summed E-state index contributed by atoms with van der Waals surface area (Å²) in [5.74, 6) is -0.917. The van der Waals surface area contributed by atoms with Gasteiger partial charge in [-0.15, -0.1) is 0 Å². The Morgan fingerprint density at radius 2 is 1.93 bits per heavy atom. The maximum absolute atomic E-state index is 12.8. The van der Waals surface area contributed by atoms with E-state index in [-0.39, 0.29) is 0 Å². The van der Waals surface area contributed by atoms with E-state index in [2.05, 4.69) is 0 Å². The van der Waals surface area contributed by atoms with Crippen LogP contribution in [0.1, 0.15) is 5.56 Å². The number of nitrogens with zero attached hydrogens (tertiary/aromatic N) is 1. The predicted molar refractivity (Wildman–Crippen MR) is 48.0 cm³/mol. The highest BCUT2D eigenvalue weighted by atomic mass is 35.5. The molecule has 0 radical (unpaired) electrons. The van der Waals surface area contributed by atoms with Gasteiger partial charge in [-0.2, -0.15) is 18.4 Å². The lowest BCUT2D eigenvalue weighted by Crippen LogP contribution is -2.01. The second-order valence-electron chi connectivity index (χ2n) is 2.39. The SMILES string of the molecule is N#Cc1c(SC(F)(F)F)ccc(F)c1Cl. The van der Waals surface area contributed by atoms with E-state index < -0.39 is 38.6 Å².